The highest BCUT2D eigenvalue weighted by atomic mass is 16.5. The monoisotopic (exact) mass is 454 g/mol. The highest BCUT2D eigenvalue weighted by molar-refractivity contribution is 5.78. The first kappa shape index (κ1) is 24.2. The SMILES string of the molecule is COc1ccnc2c(=O)n([C@@H](C)C(=O)O[C@@H](C)[C@@H](c3ccc(C)cc3C)C(C)C)c(=O)oc12. The fraction of sp³-hybridized carbons (Fsp3) is 0.440. The molecular weight excluding hydrogens is 424 g/mol. The van der Waals surface area contributed by atoms with Crippen molar-refractivity contribution in [3.05, 3.63) is 68.1 Å². The van der Waals surface area contributed by atoms with E-state index in [4.69, 9.17) is 13.9 Å². The van der Waals surface area contributed by atoms with Gasteiger partial charge in [0.25, 0.3) is 5.56 Å². The zero-order valence-electron chi connectivity index (χ0n) is 20.0. The van der Waals surface area contributed by atoms with Crippen LogP contribution in [0.15, 0.2) is 44.5 Å². The summed E-state index contributed by atoms with van der Waals surface area (Å²) in [6.45, 7) is 11.5. The predicted octanol–water partition coefficient (Wildman–Crippen LogP) is 3.91. The second kappa shape index (κ2) is 9.60. The maximum Gasteiger partial charge on any atom is 0.423 e. The van der Waals surface area contributed by atoms with Crippen LogP contribution in [0.4, 0.5) is 0 Å². The molecule has 2 aromatic heterocycles. The van der Waals surface area contributed by atoms with Gasteiger partial charge in [-0.2, -0.15) is 0 Å². The molecule has 0 aliphatic carbocycles. The maximum absolute atomic E-state index is 13.0. The molecule has 3 aromatic rings. The van der Waals surface area contributed by atoms with Crippen LogP contribution < -0.4 is 16.1 Å². The molecule has 1 aromatic carbocycles. The van der Waals surface area contributed by atoms with E-state index in [0.29, 0.717) is 0 Å². The van der Waals surface area contributed by atoms with Gasteiger partial charge in [0, 0.05) is 18.2 Å². The van der Waals surface area contributed by atoms with Gasteiger partial charge in [0.1, 0.15) is 12.1 Å². The molecule has 2 heterocycles. The molecule has 0 aliphatic heterocycles. The van der Waals surface area contributed by atoms with Crippen molar-refractivity contribution in [3.8, 4) is 5.75 Å². The van der Waals surface area contributed by atoms with E-state index in [-0.39, 0.29) is 28.7 Å². The molecule has 0 unspecified atom stereocenters. The van der Waals surface area contributed by atoms with Gasteiger partial charge in [-0.3, -0.25) is 4.79 Å². The minimum Gasteiger partial charge on any atom is -0.493 e. The summed E-state index contributed by atoms with van der Waals surface area (Å²) < 4.78 is 16.9. The van der Waals surface area contributed by atoms with Crippen LogP contribution in [-0.4, -0.2) is 28.7 Å². The topological polar surface area (TPSA) is 101 Å². The van der Waals surface area contributed by atoms with Crippen LogP contribution in [0.5, 0.6) is 5.75 Å². The second-order valence-electron chi connectivity index (χ2n) is 8.68. The molecule has 0 spiro atoms. The van der Waals surface area contributed by atoms with E-state index >= 15 is 0 Å². The van der Waals surface area contributed by atoms with Gasteiger partial charge in [-0.15, -0.1) is 0 Å². The number of fused-ring (bicyclic) bond motifs is 1. The average Bonchev–Trinajstić information content (AvgIpc) is 2.74. The van der Waals surface area contributed by atoms with Gasteiger partial charge >= 0.3 is 11.7 Å². The number of esters is 1. The molecular formula is C25H30N2O6. The average molecular weight is 455 g/mol. The largest absolute Gasteiger partial charge is 0.493 e. The number of carbonyl (C=O) groups is 1. The Morgan fingerprint density at radius 1 is 1.09 bits per heavy atom. The molecule has 0 saturated carbocycles. The van der Waals surface area contributed by atoms with Crippen LogP contribution in [0.25, 0.3) is 11.1 Å². The molecule has 0 fully saturated rings. The Morgan fingerprint density at radius 3 is 2.39 bits per heavy atom. The zero-order valence-corrected chi connectivity index (χ0v) is 20.0. The molecule has 0 saturated heterocycles. The number of benzene rings is 1. The minimum absolute atomic E-state index is 0.0580. The molecule has 3 rings (SSSR count). The molecule has 0 bridgehead atoms. The molecule has 0 radical (unpaired) electrons. The number of rotatable bonds is 7. The summed E-state index contributed by atoms with van der Waals surface area (Å²) >= 11 is 0. The first-order chi connectivity index (χ1) is 15.6. The number of pyridine rings is 1. The summed E-state index contributed by atoms with van der Waals surface area (Å²) in [7, 11) is 1.39. The number of hydrogen-bond acceptors (Lipinski definition) is 7. The van der Waals surface area contributed by atoms with Crippen molar-refractivity contribution in [1.29, 1.82) is 0 Å². The van der Waals surface area contributed by atoms with Crippen molar-refractivity contribution in [3.63, 3.8) is 0 Å². The molecule has 0 aliphatic rings. The van der Waals surface area contributed by atoms with Crippen LogP contribution in [0.3, 0.4) is 0 Å². The highest BCUT2D eigenvalue weighted by Gasteiger charge is 2.31. The Balaban J connectivity index is 1.93. The summed E-state index contributed by atoms with van der Waals surface area (Å²) in [4.78, 5) is 42.6. The second-order valence-corrected chi connectivity index (χ2v) is 8.68. The number of aromatic nitrogens is 2. The zero-order chi connectivity index (χ0) is 24.4. The molecule has 3 atom stereocenters. The third-order valence-corrected chi connectivity index (χ3v) is 5.93. The third-order valence-electron chi connectivity index (χ3n) is 5.93. The number of aryl methyl sites for hydroxylation is 2. The summed E-state index contributed by atoms with van der Waals surface area (Å²) in [6.07, 6.45) is 0.887. The number of ether oxygens (including phenoxy) is 2. The van der Waals surface area contributed by atoms with Crippen LogP contribution in [0, 0.1) is 19.8 Å². The fourth-order valence-electron chi connectivity index (χ4n) is 4.32. The van der Waals surface area contributed by atoms with E-state index in [0.717, 1.165) is 21.3 Å². The first-order valence-electron chi connectivity index (χ1n) is 10.9. The van der Waals surface area contributed by atoms with E-state index in [1.807, 2.05) is 26.8 Å². The highest BCUT2D eigenvalue weighted by Crippen LogP contribution is 2.33. The van der Waals surface area contributed by atoms with Crippen molar-refractivity contribution >= 4 is 17.1 Å². The van der Waals surface area contributed by atoms with E-state index in [9.17, 15) is 14.4 Å². The maximum atomic E-state index is 13.0. The lowest BCUT2D eigenvalue weighted by atomic mass is 9.82. The lowest BCUT2D eigenvalue weighted by molar-refractivity contribution is -0.153. The standard InChI is InChI=1S/C25H30N2O6/c1-13(2)20(18-9-8-14(3)12-15(18)4)17(6)32-24(29)16(5)27-23(28)21-22(33-25(27)30)19(31-7)10-11-26-21/h8-13,16-17,20H,1-7H3/t16-,17-,20-/m0/s1. The molecule has 33 heavy (non-hydrogen) atoms. The van der Waals surface area contributed by atoms with E-state index in [1.165, 1.54) is 26.3 Å². The van der Waals surface area contributed by atoms with Gasteiger partial charge in [0.2, 0.25) is 5.58 Å². The van der Waals surface area contributed by atoms with Crippen molar-refractivity contribution in [2.75, 3.05) is 7.11 Å². The Labute approximate surface area is 192 Å². The third kappa shape index (κ3) is 4.69. The molecule has 8 nitrogen and oxygen atoms in total. The lowest BCUT2D eigenvalue weighted by Crippen LogP contribution is -2.40. The van der Waals surface area contributed by atoms with Gasteiger partial charge in [0.05, 0.1) is 7.11 Å². The quantitative estimate of drug-likeness (QED) is 0.499. The normalized spacial score (nSPS) is 14.2. The van der Waals surface area contributed by atoms with Gasteiger partial charge in [0.15, 0.2) is 11.3 Å². The molecule has 8 heteroatoms. The summed E-state index contributed by atoms with van der Waals surface area (Å²) in [6, 6.07) is 6.48. The lowest BCUT2D eigenvalue weighted by Gasteiger charge is -2.30. The molecule has 176 valence electrons. The summed E-state index contributed by atoms with van der Waals surface area (Å²) in [5.41, 5.74) is 2.47. The van der Waals surface area contributed by atoms with Gasteiger partial charge in [-0.05, 0) is 44.7 Å². The first-order valence-corrected chi connectivity index (χ1v) is 10.9. The Morgan fingerprint density at radius 2 is 1.79 bits per heavy atom. The van der Waals surface area contributed by atoms with E-state index in [1.54, 1.807) is 0 Å². The van der Waals surface area contributed by atoms with Crippen molar-refractivity contribution in [2.24, 2.45) is 5.92 Å². The number of nitrogens with zero attached hydrogens (tertiary/aromatic N) is 2. The summed E-state index contributed by atoms with van der Waals surface area (Å²) in [5.74, 6) is -1.34. The van der Waals surface area contributed by atoms with Crippen LogP contribution >= 0.6 is 0 Å². The Kier molecular flexibility index (Phi) is 7.05. The van der Waals surface area contributed by atoms with Gasteiger partial charge in [-0.25, -0.2) is 19.1 Å². The van der Waals surface area contributed by atoms with Gasteiger partial charge < -0.3 is 13.9 Å². The fourth-order valence-corrected chi connectivity index (χ4v) is 4.32. The summed E-state index contributed by atoms with van der Waals surface area (Å²) in [5, 5.41) is 0. The number of methoxy groups -OCH3 is 1. The number of hydrogen-bond donors (Lipinski definition) is 0. The van der Waals surface area contributed by atoms with Crippen molar-refractivity contribution in [1.82, 2.24) is 9.55 Å². The number of carbonyl (C=O) groups excluding carboxylic acids is 1. The Bertz CT molecular complexity index is 1290. The molecule has 0 N–H and O–H groups in total. The van der Waals surface area contributed by atoms with Gasteiger partial charge in [-0.1, -0.05) is 37.6 Å². The molecule has 0 amide bonds. The van der Waals surface area contributed by atoms with E-state index < -0.39 is 29.4 Å². The van der Waals surface area contributed by atoms with Crippen LogP contribution in [0.2, 0.25) is 0 Å². The predicted molar refractivity (Wildman–Crippen MR) is 125 cm³/mol. The Hall–Kier alpha value is -3.42. The van der Waals surface area contributed by atoms with Crippen molar-refractivity contribution < 1.29 is 18.7 Å². The van der Waals surface area contributed by atoms with Crippen LogP contribution in [0.1, 0.15) is 56.3 Å². The minimum atomic E-state index is -1.19. The van der Waals surface area contributed by atoms with Crippen LogP contribution in [-0.2, 0) is 9.53 Å². The van der Waals surface area contributed by atoms with Crippen molar-refractivity contribution in [2.45, 2.75) is 59.6 Å². The van der Waals surface area contributed by atoms with E-state index in [2.05, 4.69) is 31.0 Å². The smallest absolute Gasteiger partial charge is 0.423 e.